The summed E-state index contributed by atoms with van der Waals surface area (Å²) in [5, 5.41) is 13.6. The normalized spacial score (nSPS) is 26.6. The van der Waals surface area contributed by atoms with Crippen LogP contribution in [0.4, 0.5) is 0 Å². The van der Waals surface area contributed by atoms with Crippen LogP contribution in [0.2, 0.25) is 0 Å². The number of aliphatic hydroxyl groups is 1. The molecule has 0 heterocycles. The van der Waals surface area contributed by atoms with E-state index >= 15 is 0 Å². The molecule has 1 saturated carbocycles. The molecular weight excluding hydrogens is 222 g/mol. The quantitative estimate of drug-likeness (QED) is 0.801. The summed E-state index contributed by atoms with van der Waals surface area (Å²) in [4.78, 5) is 0. The third-order valence-electron chi connectivity index (χ3n) is 4.03. The number of nitrogens with one attached hydrogen (secondary N) is 1. The van der Waals surface area contributed by atoms with Gasteiger partial charge in [0.25, 0.3) is 0 Å². The Kier molecular flexibility index (Phi) is 5.21. The van der Waals surface area contributed by atoms with Crippen molar-refractivity contribution in [1.29, 1.82) is 0 Å². The molecule has 0 aliphatic heterocycles. The Morgan fingerprint density at radius 2 is 1.89 bits per heavy atom. The lowest BCUT2D eigenvalue weighted by molar-refractivity contribution is 0.119. The van der Waals surface area contributed by atoms with E-state index in [0.717, 1.165) is 19.4 Å². The van der Waals surface area contributed by atoms with Crippen LogP contribution in [0.25, 0.3) is 0 Å². The summed E-state index contributed by atoms with van der Waals surface area (Å²) in [6, 6.07) is 10.9. The van der Waals surface area contributed by atoms with Crippen LogP contribution in [0.1, 0.15) is 50.5 Å². The lowest BCUT2D eigenvalue weighted by atomic mass is 9.99. The predicted molar refractivity (Wildman–Crippen MR) is 75.7 cm³/mol. The van der Waals surface area contributed by atoms with Crippen molar-refractivity contribution in [2.24, 2.45) is 0 Å². The highest BCUT2D eigenvalue weighted by Gasteiger charge is 2.21. The lowest BCUT2D eigenvalue weighted by Gasteiger charge is -2.24. The largest absolute Gasteiger partial charge is 0.392 e. The zero-order valence-electron chi connectivity index (χ0n) is 11.3. The van der Waals surface area contributed by atoms with Gasteiger partial charge in [0.1, 0.15) is 0 Å². The average Bonchev–Trinajstić information content (AvgIpc) is 2.62. The molecule has 2 N–H and O–H groups in total. The Hall–Kier alpha value is -0.860. The molecule has 0 spiro atoms. The summed E-state index contributed by atoms with van der Waals surface area (Å²) in [5.41, 5.74) is 1.37. The number of hydrogen-bond acceptors (Lipinski definition) is 2. The van der Waals surface area contributed by atoms with E-state index in [-0.39, 0.29) is 6.10 Å². The van der Waals surface area contributed by atoms with Gasteiger partial charge in [0, 0.05) is 12.6 Å². The first kappa shape index (κ1) is 13.6. The molecule has 0 amide bonds. The molecule has 0 radical (unpaired) electrons. The lowest BCUT2D eigenvalue weighted by Crippen LogP contribution is -2.40. The molecule has 1 aromatic rings. The maximum atomic E-state index is 10.1. The summed E-state index contributed by atoms with van der Waals surface area (Å²) in [6.45, 7) is 3.19. The van der Waals surface area contributed by atoms with Gasteiger partial charge in [-0.15, -0.1) is 0 Å². The van der Waals surface area contributed by atoms with Crippen LogP contribution in [0.3, 0.4) is 0 Å². The maximum Gasteiger partial charge on any atom is 0.0693 e. The molecule has 1 aromatic carbocycles. The molecule has 1 aliphatic carbocycles. The molecule has 0 bridgehead atoms. The predicted octanol–water partition coefficient (Wildman–Crippen LogP) is 3.07. The van der Waals surface area contributed by atoms with E-state index in [9.17, 15) is 5.11 Å². The Bertz CT molecular complexity index is 338. The van der Waals surface area contributed by atoms with Gasteiger partial charge in [0.15, 0.2) is 0 Å². The zero-order chi connectivity index (χ0) is 12.8. The first-order chi connectivity index (χ1) is 8.77. The number of aliphatic hydroxyl groups excluding tert-OH is 1. The SMILES string of the molecule is CC(CNC1CCCCCC1O)c1ccccc1. The highest BCUT2D eigenvalue weighted by molar-refractivity contribution is 5.19. The number of hydrogen-bond donors (Lipinski definition) is 2. The molecule has 0 saturated heterocycles. The van der Waals surface area contributed by atoms with E-state index < -0.39 is 0 Å². The fraction of sp³-hybridized carbons (Fsp3) is 0.625. The van der Waals surface area contributed by atoms with Crippen molar-refractivity contribution in [3.8, 4) is 0 Å². The van der Waals surface area contributed by atoms with Crippen molar-refractivity contribution in [3.63, 3.8) is 0 Å². The number of benzene rings is 1. The van der Waals surface area contributed by atoms with Gasteiger partial charge in [-0.05, 0) is 24.3 Å². The van der Waals surface area contributed by atoms with Crippen LogP contribution in [-0.4, -0.2) is 23.8 Å². The van der Waals surface area contributed by atoms with Crippen LogP contribution >= 0.6 is 0 Å². The second kappa shape index (κ2) is 6.91. The molecule has 3 atom stereocenters. The van der Waals surface area contributed by atoms with Crippen molar-refractivity contribution in [1.82, 2.24) is 5.32 Å². The van der Waals surface area contributed by atoms with E-state index in [4.69, 9.17) is 0 Å². The van der Waals surface area contributed by atoms with Crippen LogP contribution in [0.15, 0.2) is 30.3 Å². The smallest absolute Gasteiger partial charge is 0.0693 e. The first-order valence-corrected chi connectivity index (χ1v) is 7.24. The van der Waals surface area contributed by atoms with Crippen LogP contribution < -0.4 is 5.32 Å². The summed E-state index contributed by atoms with van der Waals surface area (Å²) in [6.07, 6.45) is 5.60. The van der Waals surface area contributed by atoms with Gasteiger partial charge in [-0.2, -0.15) is 0 Å². The number of rotatable bonds is 4. The summed E-state index contributed by atoms with van der Waals surface area (Å²) >= 11 is 0. The van der Waals surface area contributed by atoms with E-state index in [1.807, 2.05) is 0 Å². The van der Waals surface area contributed by atoms with Gasteiger partial charge in [-0.1, -0.05) is 56.5 Å². The topological polar surface area (TPSA) is 32.3 Å². The van der Waals surface area contributed by atoms with Gasteiger partial charge in [-0.25, -0.2) is 0 Å². The first-order valence-electron chi connectivity index (χ1n) is 7.24. The molecule has 1 fully saturated rings. The van der Waals surface area contributed by atoms with E-state index in [1.54, 1.807) is 0 Å². The van der Waals surface area contributed by atoms with Gasteiger partial charge < -0.3 is 10.4 Å². The minimum absolute atomic E-state index is 0.157. The third-order valence-corrected chi connectivity index (χ3v) is 4.03. The molecular formula is C16H25NO. The molecule has 2 rings (SSSR count). The molecule has 2 heteroatoms. The molecule has 3 unspecified atom stereocenters. The monoisotopic (exact) mass is 247 g/mol. The minimum Gasteiger partial charge on any atom is -0.392 e. The average molecular weight is 247 g/mol. The fourth-order valence-electron chi connectivity index (χ4n) is 2.75. The van der Waals surface area contributed by atoms with E-state index in [2.05, 4.69) is 42.6 Å². The molecule has 0 aromatic heterocycles. The van der Waals surface area contributed by atoms with Crippen LogP contribution in [0, 0.1) is 0 Å². The van der Waals surface area contributed by atoms with Crippen LogP contribution in [-0.2, 0) is 0 Å². The molecule has 2 nitrogen and oxygen atoms in total. The summed E-state index contributed by atoms with van der Waals surface area (Å²) in [7, 11) is 0. The second-order valence-electron chi connectivity index (χ2n) is 5.53. The Morgan fingerprint density at radius 3 is 2.67 bits per heavy atom. The van der Waals surface area contributed by atoms with E-state index in [0.29, 0.717) is 12.0 Å². The summed E-state index contributed by atoms with van der Waals surface area (Å²) < 4.78 is 0. The van der Waals surface area contributed by atoms with Crippen molar-refractivity contribution in [2.75, 3.05) is 6.54 Å². The third kappa shape index (κ3) is 3.82. The van der Waals surface area contributed by atoms with Gasteiger partial charge in [0.2, 0.25) is 0 Å². The standard InChI is InChI=1S/C16H25NO/c1-13(14-8-4-2-5-9-14)12-17-15-10-6-3-7-11-16(15)18/h2,4-5,8-9,13,15-18H,3,6-7,10-12H2,1H3. The minimum atomic E-state index is -0.157. The maximum absolute atomic E-state index is 10.1. The van der Waals surface area contributed by atoms with Crippen molar-refractivity contribution >= 4 is 0 Å². The molecule has 18 heavy (non-hydrogen) atoms. The zero-order valence-corrected chi connectivity index (χ0v) is 11.3. The fourth-order valence-corrected chi connectivity index (χ4v) is 2.75. The van der Waals surface area contributed by atoms with Gasteiger partial charge >= 0.3 is 0 Å². The molecule has 100 valence electrons. The highest BCUT2D eigenvalue weighted by atomic mass is 16.3. The Balaban J connectivity index is 1.83. The second-order valence-corrected chi connectivity index (χ2v) is 5.53. The Morgan fingerprint density at radius 1 is 1.17 bits per heavy atom. The van der Waals surface area contributed by atoms with Gasteiger partial charge in [0.05, 0.1) is 6.10 Å². The summed E-state index contributed by atoms with van der Waals surface area (Å²) in [5.74, 6) is 0.502. The van der Waals surface area contributed by atoms with Crippen molar-refractivity contribution in [3.05, 3.63) is 35.9 Å². The van der Waals surface area contributed by atoms with E-state index in [1.165, 1.54) is 24.8 Å². The van der Waals surface area contributed by atoms with Crippen molar-refractivity contribution < 1.29 is 5.11 Å². The van der Waals surface area contributed by atoms with Crippen molar-refractivity contribution in [2.45, 2.75) is 57.1 Å². The van der Waals surface area contributed by atoms with Crippen LogP contribution in [0.5, 0.6) is 0 Å². The molecule has 1 aliphatic rings. The van der Waals surface area contributed by atoms with Gasteiger partial charge in [-0.3, -0.25) is 0 Å². The highest BCUT2D eigenvalue weighted by Crippen LogP contribution is 2.19. The Labute approximate surface area is 110 Å².